The lowest BCUT2D eigenvalue weighted by molar-refractivity contribution is -0.138. The van der Waals surface area contributed by atoms with Crippen molar-refractivity contribution in [3.05, 3.63) is 53.6 Å². The van der Waals surface area contributed by atoms with Crippen molar-refractivity contribution < 1.29 is 28.6 Å². The summed E-state index contributed by atoms with van der Waals surface area (Å²) in [4.78, 5) is 36.5. The molecule has 0 aliphatic carbocycles. The van der Waals surface area contributed by atoms with Crippen LogP contribution in [0.3, 0.4) is 0 Å². The van der Waals surface area contributed by atoms with E-state index in [1.54, 1.807) is 14.2 Å². The summed E-state index contributed by atoms with van der Waals surface area (Å²) >= 11 is 0. The van der Waals surface area contributed by atoms with Crippen molar-refractivity contribution in [2.24, 2.45) is 0 Å². The first-order valence-corrected chi connectivity index (χ1v) is 12.0. The fraction of sp³-hybridized carbons (Fsp3) is 0.444. The van der Waals surface area contributed by atoms with E-state index in [-0.39, 0.29) is 24.3 Å². The Bertz CT molecular complexity index is 1010. The number of nitrogens with zero attached hydrogens (tertiary/aromatic N) is 1. The number of benzene rings is 2. The third-order valence-corrected chi connectivity index (χ3v) is 5.93. The van der Waals surface area contributed by atoms with Crippen LogP contribution in [0.2, 0.25) is 0 Å². The average Bonchev–Trinajstić information content (AvgIpc) is 3.19. The van der Waals surface area contributed by atoms with Gasteiger partial charge in [-0.05, 0) is 67.5 Å². The molecule has 1 fully saturated rings. The standard InChI is InChI=1S/C27H34N2O6/c1-33-23-12-11-21(18-24(23)34-2)8-5-7-20-9-6-10-22(17-20)35-19-25(30)28-15-3-4-16-29-26(31)13-14-27(29)32/h6,9-12,17-18H,3-5,7-8,13-16,19H2,1-2H3,(H,28,30). The number of unbranched alkanes of at least 4 members (excludes halogenated alkanes) is 1. The number of carbonyl (C=O) groups is 3. The Hall–Kier alpha value is -3.55. The van der Waals surface area contributed by atoms with Gasteiger partial charge in [0.15, 0.2) is 18.1 Å². The van der Waals surface area contributed by atoms with Crippen LogP contribution >= 0.6 is 0 Å². The third-order valence-electron chi connectivity index (χ3n) is 5.93. The van der Waals surface area contributed by atoms with Crippen LogP contribution in [0.1, 0.15) is 43.2 Å². The molecule has 0 saturated carbocycles. The van der Waals surface area contributed by atoms with Crippen LogP contribution in [0, 0.1) is 0 Å². The van der Waals surface area contributed by atoms with Crippen molar-refractivity contribution in [3.63, 3.8) is 0 Å². The second-order valence-electron chi connectivity index (χ2n) is 8.48. The summed E-state index contributed by atoms with van der Waals surface area (Å²) in [7, 11) is 3.26. The molecule has 1 heterocycles. The Morgan fingerprint density at radius 3 is 2.31 bits per heavy atom. The maximum absolute atomic E-state index is 12.1. The molecule has 0 spiro atoms. The van der Waals surface area contributed by atoms with Gasteiger partial charge in [-0.15, -0.1) is 0 Å². The lowest BCUT2D eigenvalue weighted by Crippen LogP contribution is -2.32. The van der Waals surface area contributed by atoms with E-state index >= 15 is 0 Å². The molecular formula is C27H34N2O6. The highest BCUT2D eigenvalue weighted by molar-refractivity contribution is 6.01. The molecule has 8 nitrogen and oxygen atoms in total. The summed E-state index contributed by atoms with van der Waals surface area (Å²) < 4.78 is 16.3. The van der Waals surface area contributed by atoms with E-state index in [2.05, 4.69) is 11.4 Å². The van der Waals surface area contributed by atoms with Crippen molar-refractivity contribution in [2.75, 3.05) is 33.9 Å². The number of nitrogens with one attached hydrogen (secondary N) is 1. The molecule has 0 aromatic heterocycles. The van der Waals surface area contributed by atoms with E-state index in [1.807, 2.05) is 36.4 Å². The molecule has 1 saturated heterocycles. The van der Waals surface area contributed by atoms with Crippen LogP contribution in [0.4, 0.5) is 0 Å². The predicted octanol–water partition coefficient (Wildman–Crippen LogP) is 3.30. The van der Waals surface area contributed by atoms with Crippen LogP contribution in [0.5, 0.6) is 17.2 Å². The van der Waals surface area contributed by atoms with E-state index in [4.69, 9.17) is 14.2 Å². The molecule has 0 bridgehead atoms. The number of likely N-dealkylation sites (tertiary alicyclic amines) is 1. The fourth-order valence-electron chi connectivity index (χ4n) is 4.02. The molecule has 1 aliphatic rings. The van der Waals surface area contributed by atoms with Crippen LogP contribution in [-0.2, 0) is 27.2 Å². The van der Waals surface area contributed by atoms with Crippen LogP contribution in [-0.4, -0.2) is 56.5 Å². The normalized spacial score (nSPS) is 13.1. The number of methoxy groups -OCH3 is 2. The molecule has 188 valence electrons. The van der Waals surface area contributed by atoms with Crippen LogP contribution in [0.25, 0.3) is 0 Å². The Balaban J connectivity index is 1.33. The number of amides is 3. The SMILES string of the molecule is COc1ccc(CCCc2cccc(OCC(=O)NCCCCN3C(=O)CCC3=O)c2)cc1OC. The molecule has 0 radical (unpaired) electrons. The van der Waals surface area contributed by atoms with Gasteiger partial charge in [0.2, 0.25) is 11.8 Å². The van der Waals surface area contributed by atoms with E-state index in [0.717, 1.165) is 36.3 Å². The molecule has 3 rings (SSSR count). The molecule has 3 amide bonds. The minimum atomic E-state index is -0.197. The van der Waals surface area contributed by atoms with Gasteiger partial charge in [-0.1, -0.05) is 18.2 Å². The van der Waals surface area contributed by atoms with Crippen LogP contribution < -0.4 is 19.5 Å². The number of rotatable bonds is 14. The lowest BCUT2D eigenvalue weighted by atomic mass is 10.0. The Labute approximate surface area is 206 Å². The first kappa shape index (κ1) is 26.1. The first-order chi connectivity index (χ1) is 17.0. The number of hydrogen-bond donors (Lipinski definition) is 1. The van der Waals surface area contributed by atoms with Gasteiger partial charge in [-0.3, -0.25) is 19.3 Å². The number of imide groups is 1. The van der Waals surface area contributed by atoms with Gasteiger partial charge in [-0.2, -0.15) is 0 Å². The summed E-state index contributed by atoms with van der Waals surface area (Å²) in [5, 5.41) is 2.81. The van der Waals surface area contributed by atoms with E-state index in [9.17, 15) is 14.4 Å². The second kappa shape index (κ2) is 13.4. The highest BCUT2D eigenvalue weighted by atomic mass is 16.5. The summed E-state index contributed by atoms with van der Waals surface area (Å²) in [6.45, 7) is 0.843. The molecule has 35 heavy (non-hydrogen) atoms. The van der Waals surface area contributed by atoms with Gasteiger partial charge in [-0.25, -0.2) is 0 Å². The molecule has 2 aromatic carbocycles. The van der Waals surface area contributed by atoms with Gasteiger partial charge in [0.05, 0.1) is 14.2 Å². The van der Waals surface area contributed by atoms with E-state index in [1.165, 1.54) is 10.5 Å². The highest BCUT2D eigenvalue weighted by Crippen LogP contribution is 2.28. The molecule has 1 aliphatic heterocycles. The van der Waals surface area contributed by atoms with Gasteiger partial charge < -0.3 is 19.5 Å². The summed E-state index contributed by atoms with van der Waals surface area (Å²) in [6.07, 6.45) is 4.75. The molecule has 1 N–H and O–H groups in total. The zero-order valence-corrected chi connectivity index (χ0v) is 20.5. The zero-order chi connectivity index (χ0) is 25.0. The van der Waals surface area contributed by atoms with E-state index in [0.29, 0.717) is 44.5 Å². The maximum Gasteiger partial charge on any atom is 0.257 e. The van der Waals surface area contributed by atoms with Crippen molar-refractivity contribution in [1.82, 2.24) is 10.2 Å². The average molecular weight is 483 g/mol. The maximum atomic E-state index is 12.1. The summed E-state index contributed by atoms with van der Waals surface area (Å²) in [6, 6.07) is 13.8. The van der Waals surface area contributed by atoms with Gasteiger partial charge >= 0.3 is 0 Å². The second-order valence-corrected chi connectivity index (χ2v) is 8.48. The van der Waals surface area contributed by atoms with Gasteiger partial charge in [0.25, 0.3) is 5.91 Å². The largest absolute Gasteiger partial charge is 0.493 e. The quantitative estimate of drug-likeness (QED) is 0.328. The Morgan fingerprint density at radius 2 is 1.60 bits per heavy atom. The third kappa shape index (κ3) is 8.02. The minimum Gasteiger partial charge on any atom is -0.493 e. The van der Waals surface area contributed by atoms with E-state index < -0.39 is 0 Å². The molecular weight excluding hydrogens is 448 g/mol. The highest BCUT2D eigenvalue weighted by Gasteiger charge is 2.27. The van der Waals surface area contributed by atoms with Gasteiger partial charge in [0.1, 0.15) is 5.75 Å². The number of aryl methyl sites for hydroxylation is 2. The Kier molecular flexibility index (Phi) is 9.95. The summed E-state index contributed by atoms with van der Waals surface area (Å²) in [5.74, 6) is 1.72. The van der Waals surface area contributed by atoms with Crippen LogP contribution in [0.15, 0.2) is 42.5 Å². The fourth-order valence-corrected chi connectivity index (χ4v) is 4.02. The zero-order valence-electron chi connectivity index (χ0n) is 20.5. The van der Waals surface area contributed by atoms with Crippen molar-refractivity contribution >= 4 is 17.7 Å². The number of carbonyl (C=O) groups excluding carboxylic acids is 3. The monoisotopic (exact) mass is 482 g/mol. The molecule has 8 heteroatoms. The predicted molar refractivity (Wildman–Crippen MR) is 132 cm³/mol. The molecule has 0 atom stereocenters. The minimum absolute atomic E-state index is 0.0573. The first-order valence-electron chi connectivity index (χ1n) is 12.0. The number of ether oxygens (including phenoxy) is 3. The topological polar surface area (TPSA) is 94.2 Å². The smallest absolute Gasteiger partial charge is 0.257 e. The number of hydrogen-bond acceptors (Lipinski definition) is 6. The van der Waals surface area contributed by atoms with Crippen molar-refractivity contribution in [1.29, 1.82) is 0 Å². The summed E-state index contributed by atoms with van der Waals surface area (Å²) in [5.41, 5.74) is 2.33. The molecule has 2 aromatic rings. The van der Waals surface area contributed by atoms with Crippen molar-refractivity contribution in [2.45, 2.75) is 44.9 Å². The molecule has 0 unspecified atom stereocenters. The van der Waals surface area contributed by atoms with Crippen molar-refractivity contribution in [3.8, 4) is 17.2 Å². The van der Waals surface area contributed by atoms with Gasteiger partial charge in [0, 0.05) is 25.9 Å². The Morgan fingerprint density at radius 1 is 0.886 bits per heavy atom. The lowest BCUT2D eigenvalue weighted by Gasteiger charge is -2.13.